The van der Waals surface area contributed by atoms with E-state index in [0.29, 0.717) is 0 Å². The third-order valence-corrected chi connectivity index (χ3v) is 0. The molecule has 0 amide bonds. The Kier molecular flexibility index (Phi) is 1.87. The summed E-state index contributed by atoms with van der Waals surface area (Å²) in [4.78, 5) is 0. The first-order chi connectivity index (χ1) is 2.00. The number of thiol groups is 1. The van der Waals surface area contributed by atoms with Crippen LogP contribution in [0.5, 0.6) is 0 Å². The molecule has 0 saturated heterocycles. The molecule has 0 aromatic rings. The first-order valence-corrected chi connectivity index (χ1v) is 7.14. The Bertz CT molecular complexity index is 90.8. The first-order valence-electron chi connectivity index (χ1n) is 0.805. The SMILES string of the molecule is O=[S](=O)(S)[Zn]. The van der Waals surface area contributed by atoms with E-state index in [1.165, 1.54) is 0 Å². The summed E-state index contributed by atoms with van der Waals surface area (Å²) in [6.45, 7) is -2.85. The molecule has 0 aliphatic carbocycles. The van der Waals surface area contributed by atoms with Gasteiger partial charge in [0.25, 0.3) is 0 Å². The van der Waals surface area contributed by atoms with Crippen molar-refractivity contribution in [3.05, 3.63) is 0 Å². The van der Waals surface area contributed by atoms with Crippen LogP contribution in [0.15, 0.2) is 0 Å². The average molecular weight is 163 g/mol. The molecule has 0 fully saturated rings. The molecule has 0 aliphatic rings. The Morgan fingerprint density at radius 1 is 1.60 bits per heavy atom. The van der Waals surface area contributed by atoms with Gasteiger partial charge < -0.3 is 0 Å². The van der Waals surface area contributed by atoms with Crippen LogP contribution in [0.25, 0.3) is 0 Å². The fourth-order valence-corrected chi connectivity index (χ4v) is 0. The number of hydrogen-bond donors (Lipinski definition) is 1. The van der Waals surface area contributed by atoms with E-state index < -0.39 is 6.86 Å². The van der Waals surface area contributed by atoms with Crippen molar-refractivity contribution in [3.8, 4) is 0 Å². The average Bonchev–Trinajstić information content (AvgIpc) is 0.722. The van der Waals surface area contributed by atoms with E-state index in [-0.39, 0.29) is 17.1 Å². The van der Waals surface area contributed by atoms with Crippen LogP contribution in [0.4, 0.5) is 0 Å². The van der Waals surface area contributed by atoms with Crippen molar-refractivity contribution < 1.29 is 25.5 Å². The van der Waals surface area contributed by atoms with Crippen LogP contribution < -0.4 is 0 Å². The van der Waals surface area contributed by atoms with E-state index in [9.17, 15) is 8.42 Å². The Hall–Kier alpha value is 0.923. The van der Waals surface area contributed by atoms with Gasteiger partial charge in [0.15, 0.2) is 0 Å². The molecule has 0 aromatic heterocycles. The molecule has 0 aliphatic heterocycles. The van der Waals surface area contributed by atoms with Crippen molar-refractivity contribution in [1.82, 2.24) is 0 Å². The molecule has 0 aromatic carbocycles. The molecule has 0 bridgehead atoms. The van der Waals surface area contributed by atoms with Crippen LogP contribution in [0.1, 0.15) is 0 Å². The molecule has 0 saturated carbocycles. The second kappa shape index (κ2) is 1.58. The van der Waals surface area contributed by atoms with E-state index in [1.54, 1.807) is 0 Å². The monoisotopic (exact) mass is 161 g/mol. The zero-order valence-electron chi connectivity index (χ0n) is 2.38. The van der Waals surface area contributed by atoms with Crippen LogP contribution in [0.3, 0.4) is 0 Å². The van der Waals surface area contributed by atoms with Crippen LogP contribution >= 0.6 is 11.7 Å². The third-order valence-electron chi connectivity index (χ3n) is 0. The molecule has 0 spiro atoms. The van der Waals surface area contributed by atoms with Crippen LogP contribution in [0, 0.1) is 0 Å². The quantitative estimate of drug-likeness (QED) is 0.302. The number of rotatable bonds is 0. The summed E-state index contributed by atoms with van der Waals surface area (Å²) in [5.41, 5.74) is 0. The summed E-state index contributed by atoms with van der Waals surface area (Å²) in [6.07, 6.45) is 0. The predicted octanol–water partition coefficient (Wildman–Crippen LogP) is -0.292. The van der Waals surface area contributed by atoms with Gasteiger partial charge in [-0.15, -0.1) is 0 Å². The van der Waals surface area contributed by atoms with E-state index in [4.69, 9.17) is 0 Å². The van der Waals surface area contributed by atoms with Gasteiger partial charge in [0.2, 0.25) is 0 Å². The van der Waals surface area contributed by atoms with E-state index in [1.807, 2.05) is 0 Å². The first kappa shape index (κ1) is 5.92. The molecule has 27 valence electrons. The third kappa shape index (κ3) is 49.3. The molecule has 0 unspecified atom stereocenters. The Morgan fingerprint density at radius 2 is 1.60 bits per heavy atom. The van der Waals surface area contributed by atoms with Gasteiger partial charge >= 0.3 is 44.0 Å². The van der Waals surface area contributed by atoms with Crippen molar-refractivity contribution >= 4 is 18.5 Å². The van der Waals surface area contributed by atoms with E-state index in [0.717, 1.165) is 0 Å². The Morgan fingerprint density at radius 3 is 1.60 bits per heavy atom. The summed E-state index contributed by atoms with van der Waals surface area (Å²) < 4.78 is 19.1. The van der Waals surface area contributed by atoms with Gasteiger partial charge in [-0.05, 0) is 0 Å². The topological polar surface area (TPSA) is 34.1 Å². The molecule has 0 radical (unpaired) electrons. The predicted molar refractivity (Wildman–Crippen MR) is 17.9 cm³/mol. The van der Waals surface area contributed by atoms with Crippen molar-refractivity contribution in [3.63, 3.8) is 0 Å². The zero-order valence-corrected chi connectivity index (χ0v) is 7.06. The van der Waals surface area contributed by atoms with Gasteiger partial charge in [-0.3, -0.25) is 0 Å². The second-order valence-electron chi connectivity index (χ2n) is 0.582. The van der Waals surface area contributed by atoms with Crippen molar-refractivity contribution in [2.24, 2.45) is 0 Å². The Labute approximate surface area is 44.2 Å². The molecule has 5 heteroatoms. The fourth-order valence-electron chi connectivity index (χ4n) is 0. The zero-order chi connectivity index (χ0) is 4.50. The van der Waals surface area contributed by atoms with E-state index >= 15 is 0 Å². The molecule has 0 heterocycles. The van der Waals surface area contributed by atoms with Gasteiger partial charge in [-0.25, -0.2) is 0 Å². The molecule has 0 atom stereocenters. The molecular formula is HO2S2Zn. The van der Waals surface area contributed by atoms with Crippen molar-refractivity contribution in [1.29, 1.82) is 0 Å². The van der Waals surface area contributed by atoms with Gasteiger partial charge in [-0.2, -0.15) is 0 Å². The maximum absolute atomic E-state index is 9.55. The van der Waals surface area contributed by atoms with Gasteiger partial charge in [0.05, 0.1) is 0 Å². The molecule has 5 heavy (non-hydrogen) atoms. The van der Waals surface area contributed by atoms with Crippen LogP contribution in [-0.2, 0) is 23.9 Å². The summed E-state index contributed by atoms with van der Waals surface area (Å²) in [7, 11) is 0. The number of hydrogen-bond acceptors (Lipinski definition) is 2. The van der Waals surface area contributed by atoms with Crippen molar-refractivity contribution in [2.75, 3.05) is 0 Å². The summed E-state index contributed by atoms with van der Waals surface area (Å²) in [5.74, 6) is 0. The maximum atomic E-state index is 9.55. The molecule has 2 nitrogen and oxygen atoms in total. The fraction of sp³-hybridized carbons (Fsp3) is 0. The minimum atomic E-state index is -2.85. The van der Waals surface area contributed by atoms with Gasteiger partial charge in [0.1, 0.15) is 0 Å². The molecule has 0 N–H and O–H groups in total. The van der Waals surface area contributed by atoms with Crippen LogP contribution in [0.2, 0.25) is 0 Å². The Balaban J connectivity index is 4.06. The van der Waals surface area contributed by atoms with Gasteiger partial charge in [-0.1, -0.05) is 0 Å². The minimum absolute atomic E-state index is 0.232. The molecular weight excluding hydrogens is 162 g/mol. The van der Waals surface area contributed by atoms with Crippen LogP contribution in [-0.4, -0.2) is 8.42 Å². The van der Waals surface area contributed by atoms with Crippen molar-refractivity contribution in [2.45, 2.75) is 0 Å². The summed E-state index contributed by atoms with van der Waals surface area (Å²) in [5, 5.41) is 0. The normalized spacial score (nSPS) is 11.8. The molecule has 0 rings (SSSR count). The summed E-state index contributed by atoms with van der Waals surface area (Å²) in [6, 6.07) is 0. The second-order valence-corrected chi connectivity index (χ2v) is 11.3. The standard InChI is InChI=1S/HO2S2.Zn/c1-4(2)3;/h(H,1,2,3);. The van der Waals surface area contributed by atoms with E-state index in [2.05, 4.69) is 11.7 Å². The summed E-state index contributed by atoms with van der Waals surface area (Å²) >= 11 is 3.38. The van der Waals surface area contributed by atoms with Gasteiger partial charge in [0, 0.05) is 0 Å².